The van der Waals surface area contributed by atoms with Gasteiger partial charge in [0.15, 0.2) is 0 Å². The van der Waals surface area contributed by atoms with Crippen molar-refractivity contribution in [3.8, 4) is 0 Å². The van der Waals surface area contributed by atoms with E-state index in [1.165, 1.54) is 0 Å². The normalized spacial score (nSPS) is 9.56. The fourth-order valence-corrected chi connectivity index (χ4v) is 3.71. The predicted molar refractivity (Wildman–Crippen MR) is 74.9 cm³/mol. The van der Waals surface area contributed by atoms with E-state index in [1.54, 1.807) is 0 Å². The minimum absolute atomic E-state index is 0.101. The first kappa shape index (κ1) is 15.8. The van der Waals surface area contributed by atoms with Crippen molar-refractivity contribution >= 4 is 73.0 Å². The number of rotatable bonds is 6. The summed E-state index contributed by atoms with van der Waals surface area (Å²) in [6.07, 6.45) is 0. The molecule has 0 unspecified atom stereocenters. The molecule has 9 nitrogen and oxygen atoms in total. The number of nitrogens with two attached hydrogens (primary N) is 3. The molecule has 0 spiro atoms. The van der Waals surface area contributed by atoms with Gasteiger partial charge in [0.1, 0.15) is 0 Å². The van der Waals surface area contributed by atoms with E-state index in [-0.39, 0.29) is 15.3 Å². The summed E-state index contributed by atoms with van der Waals surface area (Å²) in [6, 6.07) is 0. The average molecular weight is 392 g/mol. The molecule has 0 aromatic heterocycles. The molecule has 0 aromatic carbocycles. The standard InChI is InChI=1S/3CH4N3S.Sb/c3*2-1(5)4-3;/h3*3H,(H3,2,4,5);/q3*-1;+3. The van der Waals surface area contributed by atoms with Crippen molar-refractivity contribution in [2.75, 3.05) is 0 Å². The van der Waals surface area contributed by atoms with Gasteiger partial charge in [0.05, 0.1) is 0 Å². The molecule has 0 bridgehead atoms. The first-order chi connectivity index (χ1) is 7.41. The van der Waals surface area contributed by atoms with Crippen molar-refractivity contribution in [2.45, 2.75) is 0 Å². The fourth-order valence-electron chi connectivity index (χ4n) is 0.417. The number of thiocarbonyl (C=S) groups is 3. The Morgan fingerprint density at radius 1 is 0.688 bits per heavy atom. The molecule has 13 heteroatoms. The Balaban J connectivity index is 3.98. The summed E-state index contributed by atoms with van der Waals surface area (Å²) < 4.78 is 8.46. The Labute approximate surface area is 117 Å². The molecule has 0 heterocycles. The first-order valence-electron chi connectivity index (χ1n) is 3.65. The quantitative estimate of drug-likeness (QED) is 0.123. The van der Waals surface area contributed by atoms with Gasteiger partial charge in [-0.2, -0.15) is 0 Å². The van der Waals surface area contributed by atoms with E-state index in [1.807, 2.05) is 0 Å². The molecule has 0 rings (SSSR count). The van der Waals surface area contributed by atoms with Gasteiger partial charge < -0.3 is 0 Å². The summed E-state index contributed by atoms with van der Waals surface area (Å²) >= 11 is 11.4. The van der Waals surface area contributed by atoms with Crippen LogP contribution in [0.5, 0.6) is 0 Å². The third-order valence-corrected chi connectivity index (χ3v) is 4.05. The summed E-state index contributed by atoms with van der Waals surface area (Å²) in [5.74, 6) is 0. The molecule has 0 aliphatic rings. The van der Waals surface area contributed by atoms with E-state index in [9.17, 15) is 0 Å². The van der Waals surface area contributed by atoms with Crippen LogP contribution in [0.4, 0.5) is 0 Å². The zero-order valence-corrected chi connectivity index (χ0v) is 12.9. The van der Waals surface area contributed by atoms with E-state index < -0.39 is 21.0 Å². The van der Waals surface area contributed by atoms with Gasteiger partial charge in [-0.1, -0.05) is 0 Å². The number of hydrogen-bond donors (Lipinski definition) is 9. The van der Waals surface area contributed by atoms with Crippen LogP contribution in [-0.2, 0) is 0 Å². The molecule has 16 heavy (non-hydrogen) atoms. The molecule has 92 valence electrons. The van der Waals surface area contributed by atoms with Gasteiger partial charge >= 0.3 is 117 Å². The van der Waals surface area contributed by atoms with Crippen LogP contribution >= 0.6 is 36.7 Å². The molecule has 0 radical (unpaired) electrons. The van der Waals surface area contributed by atoms with E-state index in [0.29, 0.717) is 0 Å². The van der Waals surface area contributed by atoms with Crippen molar-refractivity contribution in [1.29, 1.82) is 0 Å². The summed E-state index contributed by atoms with van der Waals surface area (Å²) in [7, 11) is 0. The minimum atomic E-state index is -2.43. The number of hydrazine groups is 3. The Morgan fingerprint density at radius 3 is 1.12 bits per heavy atom. The SMILES string of the molecule is NC(=S)N[NH][Sb]([NH]NC(N)=S)[NH]NC(N)=S. The Bertz CT molecular complexity index is 228. The summed E-state index contributed by atoms with van der Waals surface area (Å²) in [5, 5.41) is 0.302. The molecular weight excluding hydrogens is 380 g/mol. The molecular formula is C3H12N9S3Sb. The van der Waals surface area contributed by atoms with Crippen molar-refractivity contribution in [3.05, 3.63) is 0 Å². The molecule has 0 amide bonds. The molecule has 0 saturated carbocycles. The summed E-state index contributed by atoms with van der Waals surface area (Å²) in [6.45, 7) is 0. The second-order valence-electron chi connectivity index (χ2n) is 2.14. The average Bonchev–Trinajstić information content (AvgIpc) is 2.15. The summed E-state index contributed by atoms with van der Waals surface area (Å²) in [4.78, 5) is 0. The molecule has 0 aromatic rings. The second-order valence-corrected chi connectivity index (χ2v) is 7.29. The second kappa shape index (κ2) is 8.87. The van der Waals surface area contributed by atoms with Crippen LogP contribution in [0.1, 0.15) is 0 Å². The Kier molecular flexibility index (Phi) is 8.74. The van der Waals surface area contributed by atoms with Crippen molar-refractivity contribution in [1.82, 2.24) is 27.0 Å². The molecule has 0 saturated heterocycles. The predicted octanol–water partition coefficient (Wildman–Crippen LogP) is -4.02. The third kappa shape index (κ3) is 10.3. The first-order valence-corrected chi connectivity index (χ1v) is 8.70. The van der Waals surface area contributed by atoms with Gasteiger partial charge in [-0.05, 0) is 0 Å². The monoisotopic (exact) mass is 391 g/mol. The topological polar surface area (TPSA) is 150 Å². The van der Waals surface area contributed by atoms with Crippen LogP contribution in [0.25, 0.3) is 0 Å². The van der Waals surface area contributed by atoms with Crippen LogP contribution in [0.3, 0.4) is 0 Å². The van der Waals surface area contributed by atoms with Gasteiger partial charge in [-0.25, -0.2) is 0 Å². The van der Waals surface area contributed by atoms with Crippen LogP contribution in [-0.4, -0.2) is 36.4 Å². The van der Waals surface area contributed by atoms with E-state index in [2.05, 4.69) is 63.7 Å². The van der Waals surface area contributed by atoms with E-state index >= 15 is 0 Å². The number of nitrogens with one attached hydrogen (secondary N) is 6. The number of hydrogen-bond acceptors (Lipinski definition) is 6. The Hall–Kier alpha value is -0.232. The van der Waals surface area contributed by atoms with Gasteiger partial charge in [0.2, 0.25) is 0 Å². The Morgan fingerprint density at radius 2 is 0.938 bits per heavy atom. The van der Waals surface area contributed by atoms with Crippen LogP contribution in [0.15, 0.2) is 0 Å². The van der Waals surface area contributed by atoms with Crippen molar-refractivity contribution in [2.24, 2.45) is 17.2 Å². The molecule has 0 aliphatic heterocycles. The molecule has 0 fully saturated rings. The van der Waals surface area contributed by atoms with E-state index in [0.717, 1.165) is 0 Å². The van der Waals surface area contributed by atoms with Gasteiger partial charge in [-0.15, -0.1) is 0 Å². The van der Waals surface area contributed by atoms with Gasteiger partial charge in [0.25, 0.3) is 0 Å². The maximum atomic E-state index is 5.24. The van der Waals surface area contributed by atoms with Crippen LogP contribution in [0, 0.1) is 0 Å². The third-order valence-electron chi connectivity index (χ3n) is 0.873. The molecule has 0 aliphatic carbocycles. The molecule has 0 atom stereocenters. The fraction of sp³-hybridized carbons (Fsp3) is 0. The van der Waals surface area contributed by atoms with Gasteiger partial charge in [-0.3, -0.25) is 0 Å². The zero-order valence-electron chi connectivity index (χ0n) is 7.90. The van der Waals surface area contributed by atoms with Crippen LogP contribution in [0.2, 0.25) is 0 Å². The van der Waals surface area contributed by atoms with E-state index in [4.69, 9.17) is 17.2 Å². The summed E-state index contributed by atoms with van der Waals surface area (Å²) in [5.41, 5.74) is 23.4. The van der Waals surface area contributed by atoms with Gasteiger partial charge in [0, 0.05) is 0 Å². The van der Waals surface area contributed by atoms with Crippen LogP contribution < -0.4 is 44.2 Å². The van der Waals surface area contributed by atoms with Crippen molar-refractivity contribution in [3.63, 3.8) is 0 Å². The van der Waals surface area contributed by atoms with Crippen molar-refractivity contribution < 1.29 is 0 Å². The maximum absolute atomic E-state index is 5.24. The zero-order chi connectivity index (χ0) is 12.6. The molecule has 12 N–H and O–H groups in total.